The van der Waals surface area contributed by atoms with Crippen LogP contribution in [0.15, 0.2) is 24.3 Å². The fourth-order valence-corrected chi connectivity index (χ4v) is 2.79. The first-order valence-electron chi connectivity index (χ1n) is 8.02. The Balaban J connectivity index is 1.61. The third kappa shape index (κ3) is 6.54. The molecule has 2 N–H and O–H groups in total. The van der Waals surface area contributed by atoms with E-state index in [4.69, 9.17) is 14.6 Å². The lowest BCUT2D eigenvalue weighted by molar-refractivity contribution is -0.142. The number of ether oxygens (including phenoxy) is 2. The van der Waals surface area contributed by atoms with Gasteiger partial charge >= 0.3 is 12.1 Å². The number of hydrogen-bond donors (Lipinski definition) is 2. The van der Waals surface area contributed by atoms with Gasteiger partial charge in [0.2, 0.25) is 0 Å². The van der Waals surface area contributed by atoms with E-state index in [0.29, 0.717) is 30.7 Å². The van der Waals surface area contributed by atoms with Crippen LogP contribution in [-0.4, -0.2) is 37.0 Å². The molecule has 2 rings (SSSR count). The molecule has 0 unspecified atom stereocenters. The monoisotopic (exact) mass is 339 g/mol. The molecule has 0 radical (unpaired) electrons. The normalized spacial score (nSPS) is 20.4. The molecule has 1 aliphatic rings. The molecule has 6 nitrogen and oxygen atoms in total. The van der Waals surface area contributed by atoms with Crippen molar-refractivity contribution >= 4 is 17.7 Å². The molecular formula is C17H22FNO5. The summed E-state index contributed by atoms with van der Waals surface area (Å²) >= 11 is 0. The van der Waals surface area contributed by atoms with Crippen molar-refractivity contribution in [2.45, 2.75) is 25.7 Å². The highest BCUT2D eigenvalue weighted by atomic mass is 19.1. The van der Waals surface area contributed by atoms with Gasteiger partial charge in [-0.3, -0.25) is 5.32 Å². The van der Waals surface area contributed by atoms with E-state index < -0.39 is 17.9 Å². The second-order valence-electron chi connectivity index (χ2n) is 6.03. The molecule has 0 spiro atoms. The van der Waals surface area contributed by atoms with Crippen LogP contribution < -0.4 is 5.32 Å². The average molecular weight is 339 g/mol. The van der Waals surface area contributed by atoms with Crippen LogP contribution in [-0.2, 0) is 14.3 Å². The lowest BCUT2D eigenvalue weighted by Crippen LogP contribution is -2.25. The van der Waals surface area contributed by atoms with Gasteiger partial charge in [0, 0.05) is 5.69 Å². The van der Waals surface area contributed by atoms with Gasteiger partial charge in [-0.25, -0.2) is 14.0 Å². The van der Waals surface area contributed by atoms with E-state index in [9.17, 15) is 14.0 Å². The Morgan fingerprint density at radius 3 is 2.46 bits per heavy atom. The summed E-state index contributed by atoms with van der Waals surface area (Å²) in [4.78, 5) is 22.1. The number of nitrogens with one attached hydrogen (secondary N) is 1. The van der Waals surface area contributed by atoms with Gasteiger partial charge in [-0.15, -0.1) is 0 Å². The minimum absolute atomic E-state index is 0.261. The Labute approximate surface area is 139 Å². The lowest BCUT2D eigenvalue weighted by Gasteiger charge is -2.27. The topological polar surface area (TPSA) is 84.9 Å². The Hall–Kier alpha value is -2.15. The molecule has 0 saturated heterocycles. The number of halogens is 1. The zero-order valence-corrected chi connectivity index (χ0v) is 13.4. The van der Waals surface area contributed by atoms with Crippen molar-refractivity contribution in [1.29, 1.82) is 0 Å². The van der Waals surface area contributed by atoms with Gasteiger partial charge in [-0.1, -0.05) is 6.07 Å². The number of aliphatic carboxylic acids is 1. The predicted octanol–water partition coefficient (Wildman–Crippen LogP) is 3.28. The SMILES string of the molecule is O=C(O)COCC1CCC(COC(=O)Nc2cccc(F)c2)CC1. The fraction of sp³-hybridized carbons (Fsp3) is 0.529. The number of carbonyl (C=O) groups excluding carboxylic acids is 1. The number of anilines is 1. The van der Waals surface area contributed by atoms with Crippen LogP contribution in [0.1, 0.15) is 25.7 Å². The molecule has 1 fully saturated rings. The number of carbonyl (C=O) groups is 2. The summed E-state index contributed by atoms with van der Waals surface area (Å²) in [5.74, 6) is -0.724. The van der Waals surface area contributed by atoms with Crippen molar-refractivity contribution in [3.63, 3.8) is 0 Å². The molecule has 7 heteroatoms. The molecule has 0 heterocycles. The van der Waals surface area contributed by atoms with Gasteiger partial charge in [0.15, 0.2) is 0 Å². The van der Waals surface area contributed by atoms with Crippen LogP contribution in [0.3, 0.4) is 0 Å². The van der Waals surface area contributed by atoms with Crippen molar-refractivity contribution in [2.75, 3.05) is 25.1 Å². The number of carboxylic acid groups (broad SMARTS) is 1. The van der Waals surface area contributed by atoms with E-state index >= 15 is 0 Å². The summed E-state index contributed by atoms with van der Waals surface area (Å²) in [7, 11) is 0. The third-order valence-electron chi connectivity index (χ3n) is 4.07. The van der Waals surface area contributed by atoms with Crippen molar-refractivity contribution in [1.82, 2.24) is 0 Å². The van der Waals surface area contributed by atoms with Crippen LogP contribution >= 0.6 is 0 Å². The first-order chi connectivity index (χ1) is 11.5. The van der Waals surface area contributed by atoms with Crippen molar-refractivity contribution in [3.05, 3.63) is 30.1 Å². The number of hydrogen-bond acceptors (Lipinski definition) is 4. The third-order valence-corrected chi connectivity index (χ3v) is 4.07. The molecule has 0 aromatic heterocycles. The van der Waals surface area contributed by atoms with Crippen LogP contribution in [0.25, 0.3) is 0 Å². The lowest BCUT2D eigenvalue weighted by atomic mass is 9.83. The molecule has 1 amide bonds. The van der Waals surface area contributed by atoms with Gasteiger partial charge in [-0.05, 0) is 55.7 Å². The zero-order chi connectivity index (χ0) is 17.4. The summed E-state index contributed by atoms with van der Waals surface area (Å²) in [5, 5.41) is 11.0. The van der Waals surface area contributed by atoms with Gasteiger partial charge in [0.1, 0.15) is 12.4 Å². The standard InChI is InChI=1S/C17H22FNO5/c18-14-2-1-3-15(8-14)19-17(22)24-10-13-6-4-12(5-7-13)9-23-11-16(20)21/h1-3,8,12-13H,4-7,9-11H2,(H,19,22)(H,20,21). The minimum atomic E-state index is -0.957. The molecule has 0 aliphatic heterocycles. The van der Waals surface area contributed by atoms with Gasteiger partial charge in [0.25, 0.3) is 0 Å². The highest BCUT2D eigenvalue weighted by Crippen LogP contribution is 2.29. The second-order valence-corrected chi connectivity index (χ2v) is 6.03. The Bertz CT molecular complexity index is 558. The highest BCUT2D eigenvalue weighted by Gasteiger charge is 2.22. The Morgan fingerprint density at radius 2 is 1.83 bits per heavy atom. The number of carboxylic acids is 1. The predicted molar refractivity (Wildman–Crippen MR) is 85.3 cm³/mol. The number of amides is 1. The van der Waals surface area contributed by atoms with Crippen molar-refractivity contribution < 1.29 is 28.6 Å². The molecule has 1 aromatic carbocycles. The minimum Gasteiger partial charge on any atom is -0.480 e. The smallest absolute Gasteiger partial charge is 0.411 e. The van der Waals surface area contributed by atoms with Crippen LogP contribution in [0.4, 0.5) is 14.9 Å². The fourth-order valence-electron chi connectivity index (χ4n) is 2.79. The van der Waals surface area contributed by atoms with E-state index in [-0.39, 0.29) is 6.61 Å². The summed E-state index contributed by atoms with van der Waals surface area (Å²) in [5.41, 5.74) is 0.360. The summed E-state index contributed by atoms with van der Waals surface area (Å²) in [6.45, 7) is 0.521. The van der Waals surface area contributed by atoms with Gasteiger partial charge in [-0.2, -0.15) is 0 Å². The van der Waals surface area contributed by atoms with E-state index in [2.05, 4.69) is 5.32 Å². The summed E-state index contributed by atoms with van der Waals surface area (Å²) in [6, 6.07) is 5.63. The molecule has 132 valence electrons. The van der Waals surface area contributed by atoms with E-state index in [1.54, 1.807) is 6.07 Å². The number of rotatable bonds is 7. The van der Waals surface area contributed by atoms with Gasteiger partial charge in [0.05, 0.1) is 13.2 Å². The van der Waals surface area contributed by atoms with E-state index in [1.807, 2.05) is 0 Å². The molecule has 1 aromatic rings. The molecule has 0 atom stereocenters. The average Bonchev–Trinajstić information content (AvgIpc) is 2.54. The van der Waals surface area contributed by atoms with E-state index in [1.165, 1.54) is 18.2 Å². The highest BCUT2D eigenvalue weighted by molar-refractivity contribution is 5.84. The number of benzene rings is 1. The van der Waals surface area contributed by atoms with E-state index in [0.717, 1.165) is 25.7 Å². The summed E-state index contributed by atoms with van der Waals surface area (Å²) in [6.07, 6.45) is 3.09. The van der Waals surface area contributed by atoms with Gasteiger partial charge < -0.3 is 14.6 Å². The quantitative estimate of drug-likeness (QED) is 0.796. The molecule has 1 aliphatic carbocycles. The maximum atomic E-state index is 13.0. The Kier molecular flexibility index (Phi) is 6.99. The molecular weight excluding hydrogens is 317 g/mol. The molecule has 0 bridgehead atoms. The maximum Gasteiger partial charge on any atom is 0.411 e. The van der Waals surface area contributed by atoms with Crippen LogP contribution in [0, 0.1) is 17.7 Å². The first kappa shape index (κ1) is 18.2. The molecule has 1 saturated carbocycles. The van der Waals surface area contributed by atoms with Crippen molar-refractivity contribution in [2.24, 2.45) is 11.8 Å². The first-order valence-corrected chi connectivity index (χ1v) is 8.02. The molecule has 24 heavy (non-hydrogen) atoms. The Morgan fingerprint density at radius 1 is 1.17 bits per heavy atom. The maximum absolute atomic E-state index is 13.0. The zero-order valence-electron chi connectivity index (χ0n) is 13.4. The van der Waals surface area contributed by atoms with Crippen molar-refractivity contribution in [3.8, 4) is 0 Å². The second kappa shape index (κ2) is 9.22. The van der Waals surface area contributed by atoms with Crippen LogP contribution in [0.5, 0.6) is 0 Å². The summed E-state index contributed by atoms with van der Waals surface area (Å²) < 4.78 is 23.3. The van der Waals surface area contributed by atoms with Crippen LogP contribution in [0.2, 0.25) is 0 Å². The largest absolute Gasteiger partial charge is 0.480 e.